The van der Waals surface area contributed by atoms with Gasteiger partial charge >= 0.3 is 6.09 Å². The van der Waals surface area contributed by atoms with Crippen LogP contribution in [0.5, 0.6) is 0 Å². The van der Waals surface area contributed by atoms with Crippen molar-refractivity contribution < 1.29 is 14.3 Å². The summed E-state index contributed by atoms with van der Waals surface area (Å²) < 4.78 is 5.10. The van der Waals surface area contributed by atoms with Crippen LogP contribution in [0.3, 0.4) is 0 Å². The smallest absolute Gasteiger partial charge is 0.407 e. The highest BCUT2D eigenvalue weighted by molar-refractivity contribution is 5.67. The molecule has 4 heteroatoms. The van der Waals surface area contributed by atoms with Crippen molar-refractivity contribution in [3.05, 3.63) is 35.9 Å². The van der Waals surface area contributed by atoms with Gasteiger partial charge in [-0.05, 0) is 57.4 Å². The molecule has 1 amide bonds. The molecule has 1 aromatic carbocycles. The summed E-state index contributed by atoms with van der Waals surface area (Å²) in [5.74, 6) is 0.435. The number of carbonyl (C=O) groups excluding carboxylic acids is 2. The highest BCUT2D eigenvalue weighted by Crippen LogP contribution is 2.23. The van der Waals surface area contributed by atoms with E-state index < -0.39 is 0 Å². The van der Waals surface area contributed by atoms with E-state index in [0.29, 0.717) is 12.5 Å². The molecule has 25 heavy (non-hydrogen) atoms. The number of aryl methyl sites for hydroxylation is 1. The molecule has 0 radical (unpaired) electrons. The fourth-order valence-electron chi connectivity index (χ4n) is 2.63. The fourth-order valence-corrected chi connectivity index (χ4v) is 2.63. The molecule has 0 bridgehead atoms. The lowest BCUT2D eigenvalue weighted by molar-refractivity contribution is -0.113. The van der Waals surface area contributed by atoms with Crippen LogP contribution in [0.15, 0.2) is 30.3 Å². The predicted molar refractivity (Wildman–Crippen MR) is 102 cm³/mol. The third kappa shape index (κ3) is 9.90. The second kappa shape index (κ2) is 13.5. The molecule has 1 N–H and O–H groups in total. The fraction of sp³-hybridized carbons (Fsp3) is 0.619. The van der Waals surface area contributed by atoms with E-state index in [4.69, 9.17) is 4.74 Å². The summed E-state index contributed by atoms with van der Waals surface area (Å²) in [4.78, 5) is 20.7. The molecule has 2 aliphatic rings. The Balaban J connectivity index is 0.000000197. The van der Waals surface area contributed by atoms with Crippen molar-refractivity contribution in [3.8, 4) is 0 Å². The Morgan fingerprint density at radius 1 is 1.08 bits per heavy atom. The Kier molecular flexibility index (Phi) is 11.4. The number of amides is 1. The molecule has 0 spiro atoms. The maximum atomic E-state index is 10.9. The molecule has 2 saturated carbocycles. The van der Waals surface area contributed by atoms with Gasteiger partial charge in [0.2, 0.25) is 0 Å². The Morgan fingerprint density at radius 3 is 2.08 bits per heavy atom. The highest BCUT2D eigenvalue weighted by atomic mass is 16.6. The van der Waals surface area contributed by atoms with E-state index in [-0.39, 0.29) is 12.2 Å². The van der Waals surface area contributed by atoms with Crippen molar-refractivity contribution in [2.24, 2.45) is 5.92 Å². The van der Waals surface area contributed by atoms with Gasteiger partial charge in [-0.1, -0.05) is 43.7 Å². The van der Waals surface area contributed by atoms with E-state index in [0.717, 1.165) is 38.4 Å². The first-order valence-corrected chi connectivity index (χ1v) is 9.63. The number of benzene rings is 1. The van der Waals surface area contributed by atoms with Crippen molar-refractivity contribution in [2.75, 3.05) is 6.54 Å². The van der Waals surface area contributed by atoms with Crippen LogP contribution in [-0.2, 0) is 16.0 Å². The quantitative estimate of drug-likeness (QED) is 0.787. The van der Waals surface area contributed by atoms with Crippen LogP contribution in [0.2, 0.25) is 0 Å². The molecular formula is C21H33NO3. The zero-order chi connectivity index (χ0) is 18.3. The average Bonchev–Trinajstić information content (AvgIpc) is 3.09. The summed E-state index contributed by atoms with van der Waals surface area (Å²) in [5.41, 5.74) is 1.41. The minimum absolute atomic E-state index is 0.182. The molecule has 0 aromatic heterocycles. The monoisotopic (exact) mass is 347 g/mol. The van der Waals surface area contributed by atoms with Gasteiger partial charge in [0.1, 0.15) is 12.4 Å². The largest absolute Gasteiger partial charge is 0.446 e. The summed E-state index contributed by atoms with van der Waals surface area (Å²) >= 11 is 0. The molecule has 2 fully saturated rings. The van der Waals surface area contributed by atoms with Gasteiger partial charge < -0.3 is 14.8 Å². The van der Waals surface area contributed by atoms with Gasteiger partial charge in [-0.15, -0.1) is 0 Å². The molecule has 0 unspecified atom stereocenters. The van der Waals surface area contributed by atoms with E-state index in [9.17, 15) is 9.59 Å². The second-order valence-electron chi connectivity index (χ2n) is 6.51. The van der Waals surface area contributed by atoms with E-state index in [1.807, 2.05) is 13.0 Å². The molecule has 0 atom stereocenters. The number of rotatable bonds is 4. The zero-order valence-electron chi connectivity index (χ0n) is 15.7. The molecule has 0 saturated heterocycles. The number of aldehydes is 1. The van der Waals surface area contributed by atoms with Gasteiger partial charge in [0, 0.05) is 12.5 Å². The molecule has 0 heterocycles. The predicted octanol–water partition coefficient (Wildman–Crippen LogP) is 4.91. The second-order valence-corrected chi connectivity index (χ2v) is 6.51. The van der Waals surface area contributed by atoms with E-state index in [2.05, 4.69) is 36.5 Å². The number of nitrogens with one attached hydrogen (secondary N) is 1. The van der Waals surface area contributed by atoms with Crippen molar-refractivity contribution in [1.82, 2.24) is 5.32 Å². The minimum atomic E-state index is -0.264. The van der Waals surface area contributed by atoms with Gasteiger partial charge in [-0.3, -0.25) is 0 Å². The molecule has 0 aliphatic heterocycles. The van der Waals surface area contributed by atoms with Gasteiger partial charge in [0.25, 0.3) is 0 Å². The normalized spacial score (nSPS) is 16.4. The number of ether oxygens (including phenoxy) is 1. The molecule has 2 aliphatic carbocycles. The van der Waals surface area contributed by atoms with Crippen LogP contribution < -0.4 is 5.32 Å². The third-order valence-corrected chi connectivity index (χ3v) is 4.49. The number of carbonyl (C=O) groups is 2. The zero-order valence-corrected chi connectivity index (χ0v) is 15.7. The van der Waals surface area contributed by atoms with Crippen LogP contribution in [0.25, 0.3) is 0 Å². The van der Waals surface area contributed by atoms with Crippen molar-refractivity contribution in [2.45, 2.75) is 71.3 Å². The van der Waals surface area contributed by atoms with Crippen LogP contribution in [0, 0.1) is 5.92 Å². The number of hydrogen-bond donors (Lipinski definition) is 1. The first-order chi connectivity index (χ1) is 12.2. The lowest BCUT2D eigenvalue weighted by Gasteiger charge is -2.17. The molecule has 3 rings (SSSR count). The maximum absolute atomic E-state index is 10.9. The lowest BCUT2D eigenvalue weighted by Crippen LogP contribution is -2.27. The van der Waals surface area contributed by atoms with Crippen molar-refractivity contribution in [3.63, 3.8) is 0 Å². The molecule has 140 valence electrons. The maximum Gasteiger partial charge on any atom is 0.407 e. The number of hydrogen-bond acceptors (Lipinski definition) is 3. The van der Waals surface area contributed by atoms with E-state index >= 15 is 0 Å². The van der Waals surface area contributed by atoms with E-state index in [1.54, 1.807) is 0 Å². The Hall–Kier alpha value is -1.84. The Morgan fingerprint density at radius 2 is 1.72 bits per heavy atom. The topological polar surface area (TPSA) is 55.4 Å². The van der Waals surface area contributed by atoms with Gasteiger partial charge in [-0.2, -0.15) is 0 Å². The SMILES string of the molecule is CCNC(=O)OC1CCCC1.CCc1ccccc1.O=CC1CCC1. The highest BCUT2D eigenvalue weighted by Gasteiger charge is 2.18. The van der Waals surface area contributed by atoms with Crippen molar-refractivity contribution >= 4 is 12.4 Å². The van der Waals surface area contributed by atoms with Gasteiger partial charge in [-0.25, -0.2) is 4.79 Å². The van der Waals surface area contributed by atoms with Crippen LogP contribution in [0.1, 0.15) is 64.4 Å². The summed E-state index contributed by atoms with van der Waals surface area (Å²) in [7, 11) is 0. The van der Waals surface area contributed by atoms with Gasteiger partial charge in [0.05, 0.1) is 0 Å². The molecular weight excluding hydrogens is 314 g/mol. The minimum Gasteiger partial charge on any atom is -0.446 e. The first kappa shape index (κ1) is 21.2. The Labute approximate surface area is 152 Å². The van der Waals surface area contributed by atoms with Crippen LogP contribution >= 0.6 is 0 Å². The summed E-state index contributed by atoms with van der Waals surface area (Å²) in [6.07, 6.45) is 10.1. The third-order valence-electron chi connectivity index (χ3n) is 4.49. The first-order valence-electron chi connectivity index (χ1n) is 9.63. The lowest BCUT2D eigenvalue weighted by atomic mass is 9.87. The molecule has 4 nitrogen and oxygen atoms in total. The Bertz CT molecular complexity index is 465. The van der Waals surface area contributed by atoms with Crippen LogP contribution in [-0.4, -0.2) is 25.0 Å². The molecule has 1 aromatic rings. The van der Waals surface area contributed by atoms with Crippen LogP contribution in [0.4, 0.5) is 4.79 Å². The average molecular weight is 347 g/mol. The summed E-state index contributed by atoms with van der Waals surface area (Å²) in [5, 5.41) is 2.61. The summed E-state index contributed by atoms with van der Waals surface area (Å²) in [6.45, 7) is 4.69. The van der Waals surface area contributed by atoms with Crippen molar-refractivity contribution in [1.29, 1.82) is 0 Å². The summed E-state index contributed by atoms with van der Waals surface area (Å²) in [6, 6.07) is 10.5. The number of alkyl carbamates (subject to hydrolysis) is 1. The standard InChI is InChI=1S/C8H15NO2.C8H10.C5H8O/c1-2-9-8(10)11-7-5-3-4-6-7;1-2-8-6-4-3-5-7-8;6-4-5-2-1-3-5/h7H,2-6H2,1H3,(H,9,10);3-7H,2H2,1H3;4-5H,1-3H2. The van der Waals surface area contributed by atoms with E-state index in [1.165, 1.54) is 24.8 Å². The van der Waals surface area contributed by atoms with Gasteiger partial charge in [0.15, 0.2) is 0 Å².